The molecule has 3 rings (SSSR count). The number of allylic oxidation sites excluding steroid dienone is 6. The molecule has 0 radical (unpaired) electrons. The standard InChI is InChI=1S/C19H18S/c1-14(16-5-3-4-6-16)7-8-15(2)17-9-10-19-18(13-17)11-12-20-19/h3-5,9-13H,1-2,6-8H2. The van der Waals surface area contributed by atoms with Crippen LogP contribution in [-0.4, -0.2) is 0 Å². The average molecular weight is 278 g/mol. The highest BCUT2D eigenvalue weighted by atomic mass is 32.1. The normalized spacial score (nSPS) is 13.7. The molecular formula is C19H18S. The van der Waals surface area contributed by atoms with Crippen LogP contribution in [0.4, 0.5) is 0 Å². The summed E-state index contributed by atoms with van der Waals surface area (Å²) >= 11 is 1.78. The summed E-state index contributed by atoms with van der Waals surface area (Å²) in [5.74, 6) is 0. The summed E-state index contributed by atoms with van der Waals surface area (Å²) in [5, 5.41) is 3.45. The third-order valence-electron chi connectivity index (χ3n) is 3.81. The summed E-state index contributed by atoms with van der Waals surface area (Å²) < 4.78 is 1.34. The van der Waals surface area contributed by atoms with Gasteiger partial charge in [-0.1, -0.05) is 43.0 Å². The first-order valence-electron chi connectivity index (χ1n) is 6.93. The summed E-state index contributed by atoms with van der Waals surface area (Å²) in [5.41, 5.74) is 5.06. The Morgan fingerprint density at radius 1 is 1.10 bits per heavy atom. The topological polar surface area (TPSA) is 0 Å². The second-order valence-electron chi connectivity index (χ2n) is 5.20. The summed E-state index contributed by atoms with van der Waals surface area (Å²) in [6.07, 6.45) is 9.47. The molecule has 1 heterocycles. The van der Waals surface area contributed by atoms with E-state index in [2.05, 4.69) is 61.0 Å². The molecule has 0 aliphatic heterocycles. The predicted octanol–water partition coefficient (Wildman–Crippen LogP) is 6.14. The number of thiophene rings is 1. The molecule has 0 fully saturated rings. The molecule has 0 spiro atoms. The molecule has 1 aromatic heterocycles. The van der Waals surface area contributed by atoms with Crippen LogP contribution < -0.4 is 0 Å². The third-order valence-corrected chi connectivity index (χ3v) is 4.71. The van der Waals surface area contributed by atoms with Crippen LogP contribution in [0, 0.1) is 0 Å². The van der Waals surface area contributed by atoms with E-state index in [0.717, 1.165) is 19.3 Å². The van der Waals surface area contributed by atoms with E-state index in [9.17, 15) is 0 Å². The minimum atomic E-state index is 0.978. The zero-order valence-electron chi connectivity index (χ0n) is 11.6. The van der Waals surface area contributed by atoms with Crippen LogP contribution in [0.15, 0.2) is 72.2 Å². The Labute approximate surface area is 124 Å². The minimum absolute atomic E-state index is 0.978. The van der Waals surface area contributed by atoms with Crippen LogP contribution >= 0.6 is 11.3 Å². The van der Waals surface area contributed by atoms with Crippen molar-refractivity contribution < 1.29 is 0 Å². The van der Waals surface area contributed by atoms with E-state index in [-0.39, 0.29) is 0 Å². The van der Waals surface area contributed by atoms with Gasteiger partial charge in [-0.2, -0.15) is 0 Å². The average Bonchev–Trinajstić information content (AvgIpc) is 3.13. The van der Waals surface area contributed by atoms with Gasteiger partial charge in [0.25, 0.3) is 0 Å². The van der Waals surface area contributed by atoms with E-state index >= 15 is 0 Å². The van der Waals surface area contributed by atoms with Gasteiger partial charge in [-0.3, -0.25) is 0 Å². The van der Waals surface area contributed by atoms with Gasteiger partial charge in [0.05, 0.1) is 0 Å². The van der Waals surface area contributed by atoms with Crippen LogP contribution in [0.25, 0.3) is 15.7 Å². The van der Waals surface area contributed by atoms with E-state index in [0.29, 0.717) is 0 Å². The lowest BCUT2D eigenvalue weighted by Gasteiger charge is -2.09. The zero-order valence-corrected chi connectivity index (χ0v) is 12.4. The van der Waals surface area contributed by atoms with Gasteiger partial charge in [-0.25, -0.2) is 0 Å². The van der Waals surface area contributed by atoms with Gasteiger partial charge in [0, 0.05) is 4.70 Å². The lowest BCUT2D eigenvalue weighted by Crippen LogP contribution is -1.89. The van der Waals surface area contributed by atoms with Crippen molar-refractivity contribution in [1.82, 2.24) is 0 Å². The van der Waals surface area contributed by atoms with Gasteiger partial charge in [-0.15, -0.1) is 11.3 Å². The SMILES string of the molecule is C=C(CCC(=C)c1ccc2sccc2c1)C1=CC=CC1. The number of hydrogen-bond acceptors (Lipinski definition) is 1. The van der Waals surface area contributed by atoms with Crippen molar-refractivity contribution in [1.29, 1.82) is 0 Å². The molecule has 0 saturated carbocycles. The summed E-state index contributed by atoms with van der Waals surface area (Å²) in [6, 6.07) is 8.79. The van der Waals surface area contributed by atoms with E-state index in [1.54, 1.807) is 11.3 Å². The molecule has 20 heavy (non-hydrogen) atoms. The number of benzene rings is 1. The molecular weight excluding hydrogens is 260 g/mol. The first-order chi connectivity index (χ1) is 9.74. The first kappa shape index (κ1) is 13.1. The smallest absolute Gasteiger partial charge is 0.0343 e. The molecule has 0 saturated heterocycles. The highest BCUT2D eigenvalue weighted by Gasteiger charge is 2.07. The van der Waals surface area contributed by atoms with Gasteiger partial charge >= 0.3 is 0 Å². The highest BCUT2D eigenvalue weighted by Crippen LogP contribution is 2.29. The monoisotopic (exact) mass is 278 g/mol. The quantitative estimate of drug-likeness (QED) is 0.616. The summed E-state index contributed by atoms with van der Waals surface area (Å²) in [7, 11) is 0. The van der Waals surface area contributed by atoms with Crippen molar-refractivity contribution in [3.05, 3.63) is 77.7 Å². The van der Waals surface area contributed by atoms with Crippen molar-refractivity contribution >= 4 is 27.0 Å². The van der Waals surface area contributed by atoms with Crippen LogP contribution in [0.3, 0.4) is 0 Å². The second kappa shape index (κ2) is 5.64. The molecule has 100 valence electrons. The molecule has 1 aromatic carbocycles. The Balaban J connectivity index is 1.65. The van der Waals surface area contributed by atoms with Crippen molar-refractivity contribution in [3.8, 4) is 0 Å². The molecule has 0 bridgehead atoms. The van der Waals surface area contributed by atoms with Crippen LogP contribution in [0.5, 0.6) is 0 Å². The van der Waals surface area contributed by atoms with Crippen molar-refractivity contribution in [2.45, 2.75) is 19.3 Å². The lowest BCUT2D eigenvalue weighted by atomic mass is 9.96. The van der Waals surface area contributed by atoms with E-state index in [1.165, 1.54) is 32.4 Å². The predicted molar refractivity (Wildman–Crippen MR) is 91.1 cm³/mol. The van der Waals surface area contributed by atoms with Crippen LogP contribution in [0.2, 0.25) is 0 Å². The first-order valence-corrected chi connectivity index (χ1v) is 7.81. The zero-order chi connectivity index (χ0) is 13.9. The number of hydrogen-bond donors (Lipinski definition) is 0. The molecule has 2 aromatic rings. The Kier molecular flexibility index (Phi) is 3.70. The van der Waals surface area contributed by atoms with Gasteiger partial charge in [0.15, 0.2) is 0 Å². The Hall–Kier alpha value is -1.86. The molecule has 1 aliphatic carbocycles. The molecule has 0 N–H and O–H groups in total. The Bertz CT molecular complexity index is 725. The largest absolute Gasteiger partial charge is 0.144 e. The van der Waals surface area contributed by atoms with Gasteiger partial charge in [0.2, 0.25) is 0 Å². The highest BCUT2D eigenvalue weighted by molar-refractivity contribution is 7.17. The maximum absolute atomic E-state index is 4.24. The van der Waals surface area contributed by atoms with E-state index in [4.69, 9.17) is 0 Å². The van der Waals surface area contributed by atoms with E-state index < -0.39 is 0 Å². The van der Waals surface area contributed by atoms with Crippen molar-refractivity contribution in [3.63, 3.8) is 0 Å². The number of fused-ring (bicyclic) bond motifs is 1. The van der Waals surface area contributed by atoms with Crippen molar-refractivity contribution in [2.75, 3.05) is 0 Å². The Morgan fingerprint density at radius 3 is 2.75 bits per heavy atom. The lowest BCUT2D eigenvalue weighted by molar-refractivity contribution is 0.994. The van der Waals surface area contributed by atoms with Gasteiger partial charge < -0.3 is 0 Å². The van der Waals surface area contributed by atoms with E-state index in [1.807, 2.05) is 0 Å². The fourth-order valence-corrected chi connectivity index (χ4v) is 3.27. The second-order valence-corrected chi connectivity index (χ2v) is 6.15. The molecule has 1 aliphatic rings. The van der Waals surface area contributed by atoms with Crippen LogP contribution in [-0.2, 0) is 0 Å². The molecule has 0 nitrogen and oxygen atoms in total. The summed E-state index contributed by atoms with van der Waals surface area (Å²) in [4.78, 5) is 0. The van der Waals surface area contributed by atoms with Crippen LogP contribution in [0.1, 0.15) is 24.8 Å². The van der Waals surface area contributed by atoms with Gasteiger partial charge in [-0.05, 0) is 64.9 Å². The van der Waals surface area contributed by atoms with Gasteiger partial charge in [0.1, 0.15) is 0 Å². The molecule has 0 amide bonds. The van der Waals surface area contributed by atoms with Crippen molar-refractivity contribution in [2.24, 2.45) is 0 Å². The minimum Gasteiger partial charge on any atom is -0.144 e. The summed E-state index contributed by atoms with van der Waals surface area (Å²) in [6.45, 7) is 8.44. The maximum atomic E-state index is 4.24. The maximum Gasteiger partial charge on any atom is 0.0343 e. The molecule has 0 unspecified atom stereocenters. The Morgan fingerprint density at radius 2 is 1.95 bits per heavy atom. The molecule has 1 heteroatoms. The third kappa shape index (κ3) is 2.68. The molecule has 0 atom stereocenters. The fraction of sp³-hybridized carbons (Fsp3) is 0.158. The number of rotatable bonds is 5. The fourth-order valence-electron chi connectivity index (χ4n) is 2.50.